The number of hydrogen-bond acceptors (Lipinski definition) is 3. The van der Waals surface area contributed by atoms with Crippen LogP contribution in [0.15, 0.2) is 0 Å². The van der Waals surface area contributed by atoms with Crippen molar-refractivity contribution >= 4 is 0 Å². The van der Waals surface area contributed by atoms with E-state index in [9.17, 15) is 5.11 Å². The quantitative estimate of drug-likeness (QED) is 0.701. The first-order valence-corrected chi connectivity index (χ1v) is 6.04. The standard InChI is InChI=1S/C11H22N2O/c14-11-6-4-10(5-7-11)12-13-8-2-1-3-9-13/h10-12,14H,1-9H2. The van der Waals surface area contributed by atoms with E-state index in [1.165, 1.54) is 32.4 Å². The minimum Gasteiger partial charge on any atom is -0.393 e. The summed E-state index contributed by atoms with van der Waals surface area (Å²) in [4.78, 5) is 0. The first-order valence-electron chi connectivity index (χ1n) is 6.04. The van der Waals surface area contributed by atoms with Gasteiger partial charge in [0.2, 0.25) is 0 Å². The van der Waals surface area contributed by atoms with Gasteiger partial charge in [0.05, 0.1) is 6.10 Å². The average Bonchev–Trinajstić information content (AvgIpc) is 2.23. The second-order valence-electron chi connectivity index (χ2n) is 4.68. The maximum Gasteiger partial charge on any atom is 0.0541 e. The Morgan fingerprint density at radius 3 is 2.21 bits per heavy atom. The SMILES string of the molecule is OC1CCC(NN2CCCCC2)CC1. The van der Waals surface area contributed by atoms with E-state index >= 15 is 0 Å². The Balaban J connectivity index is 1.68. The van der Waals surface area contributed by atoms with Gasteiger partial charge in [-0.2, -0.15) is 0 Å². The number of nitrogens with zero attached hydrogens (tertiary/aromatic N) is 1. The van der Waals surface area contributed by atoms with E-state index in [2.05, 4.69) is 10.4 Å². The molecule has 1 saturated carbocycles. The number of hydrogen-bond donors (Lipinski definition) is 2. The largest absolute Gasteiger partial charge is 0.393 e. The Labute approximate surface area is 86.5 Å². The third kappa shape index (κ3) is 2.94. The lowest BCUT2D eigenvalue weighted by Crippen LogP contribution is -2.48. The van der Waals surface area contributed by atoms with Crippen LogP contribution in [0.5, 0.6) is 0 Å². The van der Waals surface area contributed by atoms with E-state index in [0.29, 0.717) is 6.04 Å². The summed E-state index contributed by atoms with van der Waals surface area (Å²) in [6.07, 6.45) is 8.26. The summed E-state index contributed by atoms with van der Waals surface area (Å²) < 4.78 is 0. The van der Waals surface area contributed by atoms with Crippen LogP contribution in [0.4, 0.5) is 0 Å². The van der Waals surface area contributed by atoms with E-state index in [1.807, 2.05) is 0 Å². The zero-order valence-electron chi connectivity index (χ0n) is 8.91. The van der Waals surface area contributed by atoms with Crippen molar-refractivity contribution in [3.8, 4) is 0 Å². The smallest absolute Gasteiger partial charge is 0.0541 e. The van der Waals surface area contributed by atoms with Crippen LogP contribution >= 0.6 is 0 Å². The van der Waals surface area contributed by atoms with Gasteiger partial charge in [-0.15, -0.1) is 0 Å². The van der Waals surface area contributed by atoms with Crippen LogP contribution in [-0.2, 0) is 0 Å². The zero-order valence-corrected chi connectivity index (χ0v) is 8.91. The second kappa shape index (κ2) is 5.10. The number of hydrazine groups is 1. The molecule has 0 amide bonds. The van der Waals surface area contributed by atoms with Crippen LogP contribution in [0.3, 0.4) is 0 Å². The predicted molar refractivity (Wildman–Crippen MR) is 56.8 cm³/mol. The van der Waals surface area contributed by atoms with E-state index in [1.54, 1.807) is 0 Å². The van der Waals surface area contributed by atoms with E-state index in [4.69, 9.17) is 0 Å². The van der Waals surface area contributed by atoms with Gasteiger partial charge in [0.15, 0.2) is 0 Å². The van der Waals surface area contributed by atoms with Crippen molar-refractivity contribution < 1.29 is 5.11 Å². The van der Waals surface area contributed by atoms with Crippen LogP contribution < -0.4 is 5.43 Å². The fourth-order valence-electron chi connectivity index (χ4n) is 2.49. The molecule has 82 valence electrons. The highest BCUT2D eigenvalue weighted by Gasteiger charge is 2.21. The second-order valence-corrected chi connectivity index (χ2v) is 4.68. The molecule has 1 heterocycles. The molecule has 3 heteroatoms. The van der Waals surface area contributed by atoms with Gasteiger partial charge in [-0.1, -0.05) is 6.42 Å². The first-order chi connectivity index (χ1) is 6.84. The number of rotatable bonds is 2. The van der Waals surface area contributed by atoms with Crippen molar-refractivity contribution in [2.24, 2.45) is 0 Å². The lowest BCUT2D eigenvalue weighted by molar-refractivity contribution is 0.0726. The summed E-state index contributed by atoms with van der Waals surface area (Å²) in [5.41, 5.74) is 3.60. The van der Waals surface area contributed by atoms with Crippen molar-refractivity contribution in [1.82, 2.24) is 10.4 Å². The lowest BCUT2D eigenvalue weighted by Gasteiger charge is -2.34. The molecule has 2 N–H and O–H groups in total. The van der Waals surface area contributed by atoms with Gasteiger partial charge in [-0.05, 0) is 38.5 Å². The fraction of sp³-hybridized carbons (Fsp3) is 1.00. The van der Waals surface area contributed by atoms with Gasteiger partial charge in [0.1, 0.15) is 0 Å². The van der Waals surface area contributed by atoms with Gasteiger partial charge in [-0.25, -0.2) is 5.01 Å². The van der Waals surface area contributed by atoms with Crippen LogP contribution in [0, 0.1) is 0 Å². The summed E-state index contributed by atoms with van der Waals surface area (Å²) in [7, 11) is 0. The van der Waals surface area contributed by atoms with Crippen LogP contribution in [0.2, 0.25) is 0 Å². The van der Waals surface area contributed by atoms with E-state index in [0.717, 1.165) is 25.7 Å². The van der Waals surface area contributed by atoms with Gasteiger partial charge < -0.3 is 5.11 Å². The molecule has 1 saturated heterocycles. The minimum atomic E-state index is -0.0330. The third-order valence-corrected chi connectivity index (χ3v) is 3.42. The molecule has 1 aliphatic heterocycles. The molecule has 0 radical (unpaired) electrons. The van der Waals surface area contributed by atoms with E-state index < -0.39 is 0 Å². The van der Waals surface area contributed by atoms with Crippen LogP contribution in [-0.4, -0.2) is 35.4 Å². The fourth-order valence-corrected chi connectivity index (χ4v) is 2.49. The van der Waals surface area contributed by atoms with Gasteiger partial charge in [0, 0.05) is 19.1 Å². The molecule has 0 bridgehead atoms. The molecule has 2 fully saturated rings. The third-order valence-electron chi connectivity index (χ3n) is 3.42. The summed E-state index contributed by atoms with van der Waals surface area (Å²) in [6.45, 7) is 2.41. The Hall–Kier alpha value is -0.120. The summed E-state index contributed by atoms with van der Waals surface area (Å²) in [5.74, 6) is 0. The Morgan fingerprint density at radius 1 is 0.929 bits per heavy atom. The van der Waals surface area contributed by atoms with Crippen molar-refractivity contribution in [2.75, 3.05) is 13.1 Å². The van der Waals surface area contributed by atoms with Crippen molar-refractivity contribution in [2.45, 2.75) is 57.1 Å². The van der Waals surface area contributed by atoms with Crippen LogP contribution in [0.1, 0.15) is 44.9 Å². The topological polar surface area (TPSA) is 35.5 Å². The number of nitrogens with one attached hydrogen (secondary N) is 1. The number of aliphatic hydroxyl groups is 1. The monoisotopic (exact) mass is 198 g/mol. The summed E-state index contributed by atoms with van der Waals surface area (Å²) in [6, 6.07) is 0.622. The van der Waals surface area contributed by atoms with Crippen molar-refractivity contribution in [3.63, 3.8) is 0 Å². The Bertz CT molecular complexity index is 161. The molecule has 1 aliphatic carbocycles. The highest BCUT2D eigenvalue weighted by Crippen LogP contribution is 2.19. The molecule has 3 nitrogen and oxygen atoms in total. The molecule has 2 rings (SSSR count). The van der Waals surface area contributed by atoms with Gasteiger partial charge in [-0.3, -0.25) is 5.43 Å². The Morgan fingerprint density at radius 2 is 1.57 bits per heavy atom. The Kier molecular flexibility index (Phi) is 3.79. The molecule has 0 atom stereocenters. The molecule has 0 aromatic carbocycles. The molecular weight excluding hydrogens is 176 g/mol. The maximum atomic E-state index is 9.39. The van der Waals surface area contributed by atoms with E-state index in [-0.39, 0.29) is 6.10 Å². The highest BCUT2D eigenvalue weighted by atomic mass is 16.3. The summed E-state index contributed by atoms with van der Waals surface area (Å²) in [5, 5.41) is 11.8. The first kappa shape index (κ1) is 10.4. The van der Waals surface area contributed by atoms with Crippen molar-refractivity contribution in [1.29, 1.82) is 0 Å². The molecule has 2 aliphatic rings. The predicted octanol–water partition coefficient (Wildman–Crippen LogP) is 1.28. The zero-order chi connectivity index (χ0) is 9.80. The summed E-state index contributed by atoms with van der Waals surface area (Å²) >= 11 is 0. The molecule has 14 heavy (non-hydrogen) atoms. The molecule has 0 aromatic rings. The maximum absolute atomic E-state index is 9.39. The molecule has 0 spiro atoms. The highest BCUT2D eigenvalue weighted by molar-refractivity contribution is 4.76. The van der Waals surface area contributed by atoms with Crippen LogP contribution in [0.25, 0.3) is 0 Å². The normalized spacial score (nSPS) is 35.8. The molecule has 0 unspecified atom stereocenters. The van der Waals surface area contributed by atoms with Crippen molar-refractivity contribution in [3.05, 3.63) is 0 Å². The number of piperidine rings is 1. The minimum absolute atomic E-state index is 0.0330. The molecular formula is C11H22N2O. The van der Waals surface area contributed by atoms with Gasteiger partial charge >= 0.3 is 0 Å². The lowest BCUT2D eigenvalue weighted by atomic mass is 9.93. The molecule has 0 aromatic heterocycles. The average molecular weight is 198 g/mol. The van der Waals surface area contributed by atoms with Gasteiger partial charge in [0.25, 0.3) is 0 Å². The number of aliphatic hydroxyl groups excluding tert-OH is 1.